The molecule has 6 heteroatoms. The van der Waals surface area contributed by atoms with Crippen molar-refractivity contribution in [2.75, 3.05) is 4.90 Å². The molecular weight excluding hydrogens is 372 g/mol. The van der Waals surface area contributed by atoms with Crippen molar-refractivity contribution >= 4 is 23.2 Å². The zero-order valence-electron chi connectivity index (χ0n) is 14.8. The van der Waals surface area contributed by atoms with E-state index in [0.717, 1.165) is 28.3 Å². The largest absolute Gasteiger partial charge is 0.302 e. The maximum atomic E-state index is 13.4. The molecule has 2 heterocycles. The molecule has 5 nitrogen and oxygen atoms in total. The molecule has 0 N–H and O–H groups in total. The number of rotatable bonds is 2. The molecule has 1 aromatic heterocycles. The van der Waals surface area contributed by atoms with Gasteiger partial charge in [0.25, 0.3) is 5.91 Å². The molecule has 0 aliphatic carbocycles. The number of fused-ring (bicyclic) bond motifs is 3. The Morgan fingerprint density at radius 3 is 2.50 bits per heavy atom. The Balaban J connectivity index is 1.74. The van der Waals surface area contributed by atoms with Crippen molar-refractivity contribution in [1.29, 1.82) is 0 Å². The van der Waals surface area contributed by atoms with Gasteiger partial charge in [-0.25, -0.2) is 4.68 Å². The zero-order chi connectivity index (χ0) is 19.1. The van der Waals surface area contributed by atoms with Crippen LogP contribution in [0, 0.1) is 0 Å². The SMILES string of the molecule is O=C1c2ccccc2-n2nnc(-c3ccccc3)c2CN1c1cccc(Cl)c1. The highest BCUT2D eigenvalue weighted by atomic mass is 35.5. The van der Waals surface area contributed by atoms with Gasteiger partial charge in [0.1, 0.15) is 5.69 Å². The fourth-order valence-electron chi connectivity index (χ4n) is 3.52. The van der Waals surface area contributed by atoms with E-state index in [-0.39, 0.29) is 5.91 Å². The van der Waals surface area contributed by atoms with Crippen LogP contribution in [0.5, 0.6) is 0 Å². The Morgan fingerprint density at radius 1 is 0.893 bits per heavy atom. The van der Waals surface area contributed by atoms with Gasteiger partial charge in [0, 0.05) is 16.3 Å². The van der Waals surface area contributed by atoms with Crippen LogP contribution in [-0.4, -0.2) is 20.9 Å². The number of para-hydroxylation sites is 1. The number of amides is 1. The van der Waals surface area contributed by atoms with Crippen molar-refractivity contribution in [3.05, 3.63) is 95.1 Å². The van der Waals surface area contributed by atoms with E-state index in [1.54, 1.807) is 21.7 Å². The van der Waals surface area contributed by atoms with Gasteiger partial charge in [-0.15, -0.1) is 5.10 Å². The van der Waals surface area contributed by atoms with Crippen LogP contribution in [0.3, 0.4) is 0 Å². The first kappa shape index (κ1) is 16.7. The zero-order valence-corrected chi connectivity index (χ0v) is 15.5. The lowest BCUT2D eigenvalue weighted by atomic mass is 10.1. The second-order valence-corrected chi connectivity index (χ2v) is 6.99. The van der Waals surface area contributed by atoms with Gasteiger partial charge in [-0.05, 0) is 30.3 Å². The summed E-state index contributed by atoms with van der Waals surface area (Å²) >= 11 is 6.19. The van der Waals surface area contributed by atoms with Crippen LogP contribution < -0.4 is 4.90 Å². The molecule has 0 spiro atoms. The smallest absolute Gasteiger partial charge is 0.260 e. The molecule has 0 bridgehead atoms. The average molecular weight is 387 g/mol. The van der Waals surface area contributed by atoms with E-state index < -0.39 is 0 Å². The van der Waals surface area contributed by atoms with Gasteiger partial charge in [0.05, 0.1) is 23.5 Å². The highest BCUT2D eigenvalue weighted by Crippen LogP contribution is 2.32. The predicted molar refractivity (Wildman–Crippen MR) is 109 cm³/mol. The Bertz CT molecular complexity index is 1190. The van der Waals surface area contributed by atoms with E-state index in [9.17, 15) is 4.79 Å². The first-order valence-corrected chi connectivity index (χ1v) is 9.27. The first-order valence-electron chi connectivity index (χ1n) is 8.89. The summed E-state index contributed by atoms with van der Waals surface area (Å²) in [7, 11) is 0. The third kappa shape index (κ3) is 2.68. The number of carbonyl (C=O) groups excluding carboxylic acids is 1. The fraction of sp³-hybridized carbons (Fsp3) is 0.0455. The van der Waals surface area contributed by atoms with Gasteiger partial charge < -0.3 is 4.90 Å². The molecule has 1 aliphatic heterocycles. The highest BCUT2D eigenvalue weighted by molar-refractivity contribution is 6.31. The van der Waals surface area contributed by atoms with Gasteiger partial charge in [-0.1, -0.05) is 65.3 Å². The molecule has 136 valence electrons. The average Bonchev–Trinajstić information content (AvgIpc) is 3.10. The molecule has 5 rings (SSSR count). The summed E-state index contributed by atoms with van der Waals surface area (Å²) in [5, 5.41) is 9.39. The molecule has 3 aromatic carbocycles. The lowest BCUT2D eigenvalue weighted by Gasteiger charge is -2.21. The van der Waals surface area contributed by atoms with Crippen LogP contribution in [0.2, 0.25) is 5.02 Å². The van der Waals surface area contributed by atoms with Crippen molar-refractivity contribution in [2.24, 2.45) is 0 Å². The molecule has 0 radical (unpaired) electrons. The van der Waals surface area contributed by atoms with Gasteiger partial charge in [-0.2, -0.15) is 0 Å². The van der Waals surface area contributed by atoms with E-state index in [0.29, 0.717) is 17.1 Å². The van der Waals surface area contributed by atoms with Crippen LogP contribution >= 0.6 is 11.6 Å². The highest BCUT2D eigenvalue weighted by Gasteiger charge is 2.30. The molecular formula is C22H15ClN4O. The van der Waals surface area contributed by atoms with Crippen LogP contribution in [0.4, 0.5) is 5.69 Å². The number of nitrogens with zero attached hydrogens (tertiary/aromatic N) is 4. The quantitative estimate of drug-likeness (QED) is 0.499. The third-order valence-corrected chi connectivity index (χ3v) is 5.08. The molecule has 28 heavy (non-hydrogen) atoms. The summed E-state index contributed by atoms with van der Waals surface area (Å²) < 4.78 is 1.76. The summed E-state index contributed by atoms with van der Waals surface area (Å²) in [5.41, 5.74) is 4.61. The third-order valence-electron chi connectivity index (χ3n) is 4.85. The molecule has 1 aliphatic rings. The number of anilines is 1. The minimum absolute atomic E-state index is 0.0950. The van der Waals surface area contributed by atoms with E-state index in [1.165, 1.54) is 0 Å². The number of hydrogen-bond acceptors (Lipinski definition) is 3. The van der Waals surface area contributed by atoms with Gasteiger partial charge in [0.15, 0.2) is 0 Å². The van der Waals surface area contributed by atoms with Crippen molar-refractivity contribution in [3.63, 3.8) is 0 Å². The molecule has 0 atom stereocenters. The van der Waals surface area contributed by atoms with Crippen molar-refractivity contribution in [1.82, 2.24) is 15.0 Å². The lowest BCUT2D eigenvalue weighted by molar-refractivity contribution is 0.0986. The summed E-state index contributed by atoms with van der Waals surface area (Å²) in [6, 6.07) is 24.6. The van der Waals surface area contributed by atoms with Crippen LogP contribution in [0.25, 0.3) is 16.9 Å². The number of aromatic nitrogens is 3. The van der Waals surface area contributed by atoms with E-state index in [2.05, 4.69) is 10.3 Å². The van der Waals surface area contributed by atoms with Crippen LogP contribution in [0.15, 0.2) is 78.9 Å². The predicted octanol–water partition coefficient (Wildman–Crippen LogP) is 4.75. The Morgan fingerprint density at radius 2 is 1.68 bits per heavy atom. The Kier molecular flexibility index (Phi) is 3.95. The maximum Gasteiger partial charge on any atom is 0.260 e. The summed E-state index contributed by atoms with van der Waals surface area (Å²) in [4.78, 5) is 15.1. The second-order valence-electron chi connectivity index (χ2n) is 6.55. The molecule has 0 saturated carbocycles. The fourth-order valence-corrected chi connectivity index (χ4v) is 3.70. The standard InChI is InChI=1S/C22H15ClN4O/c23-16-9-6-10-17(13-16)26-14-20-21(15-7-2-1-3-8-15)24-25-27(20)19-12-5-4-11-18(19)22(26)28/h1-13H,14H2. The van der Waals surface area contributed by atoms with Crippen molar-refractivity contribution < 1.29 is 4.79 Å². The number of benzene rings is 3. The normalized spacial score (nSPS) is 13.0. The number of carbonyl (C=O) groups is 1. The Hall–Kier alpha value is -3.44. The number of hydrogen-bond donors (Lipinski definition) is 0. The summed E-state index contributed by atoms with van der Waals surface area (Å²) in [5.74, 6) is -0.0950. The summed E-state index contributed by atoms with van der Waals surface area (Å²) in [6.07, 6.45) is 0. The van der Waals surface area contributed by atoms with Gasteiger partial charge >= 0.3 is 0 Å². The van der Waals surface area contributed by atoms with Crippen molar-refractivity contribution in [3.8, 4) is 16.9 Å². The lowest BCUT2D eigenvalue weighted by Crippen LogP contribution is -2.29. The van der Waals surface area contributed by atoms with E-state index >= 15 is 0 Å². The van der Waals surface area contributed by atoms with E-state index in [1.807, 2.05) is 66.7 Å². The summed E-state index contributed by atoms with van der Waals surface area (Å²) in [6.45, 7) is 0.338. The number of halogens is 1. The van der Waals surface area contributed by atoms with Crippen molar-refractivity contribution in [2.45, 2.75) is 6.54 Å². The topological polar surface area (TPSA) is 51.0 Å². The molecule has 1 amide bonds. The minimum atomic E-state index is -0.0950. The van der Waals surface area contributed by atoms with Crippen LogP contribution in [-0.2, 0) is 6.54 Å². The van der Waals surface area contributed by atoms with E-state index in [4.69, 9.17) is 11.6 Å². The molecule has 0 saturated heterocycles. The molecule has 0 fully saturated rings. The molecule has 4 aromatic rings. The van der Waals surface area contributed by atoms with Gasteiger partial charge in [0.2, 0.25) is 0 Å². The monoisotopic (exact) mass is 386 g/mol. The first-order chi connectivity index (χ1) is 13.7. The van der Waals surface area contributed by atoms with Gasteiger partial charge in [-0.3, -0.25) is 4.79 Å². The second kappa shape index (κ2) is 6.62. The maximum absolute atomic E-state index is 13.4. The Labute approximate surface area is 166 Å². The minimum Gasteiger partial charge on any atom is -0.302 e. The molecule has 0 unspecified atom stereocenters. The van der Waals surface area contributed by atoms with Crippen LogP contribution in [0.1, 0.15) is 16.1 Å².